The van der Waals surface area contributed by atoms with Crippen molar-refractivity contribution in [3.8, 4) is 22.8 Å². The fourth-order valence-electron chi connectivity index (χ4n) is 4.34. The lowest BCUT2D eigenvalue weighted by Crippen LogP contribution is -2.38. The van der Waals surface area contributed by atoms with Gasteiger partial charge in [0, 0.05) is 18.7 Å². The van der Waals surface area contributed by atoms with Crippen LogP contribution in [0, 0.1) is 0 Å². The molecule has 2 aromatic heterocycles. The number of piperidine rings is 1. The summed E-state index contributed by atoms with van der Waals surface area (Å²) in [5.41, 5.74) is 8.64. The number of hydrogen-bond donors (Lipinski definition) is 1. The van der Waals surface area contributed by atoms with E-state index in [9.17, 15) is 4.79 Å². The number of nitrogens with two attached hydrogens (primary N) is 1. The minimum atomic E-state index is 0.0522. The van der Waals surface area contributed by atoms with Gasteiger partial charge in [-0.1, -0.05) is 24.3 Å². The highest BCUT2D eigenvalue weighted by molar-refractivity contribution is 5.98. The van der Waals surface area contributed by atoms with Gasteiger partial charge in [0.15, 0.2) is 5.65 Å². The summed E-state index contributed by atoms with van der Waals surface area (Å²) in [5, 5.41) is 5.68. The Hall–Kier alpha value is -4.20. The smallest absolute Gasteiger partial charge is 0.246 e. The number of benzene rings is 2. The molecule has 1 aliphatic heterocycles. The molecule has 34 heavy (non-hydrogen) atoms. The second-order valence-corrected chi connectivity index (χ2v) is 8.25. The van der Waals surface area contributed by atoms with Gasteiger partial charge in [-0.15, -0.1) is 0 Å². The van der Waals surface area contributed by atoms with E-state index in [1.165, 1.54) is 6.33 Å². The largest absolute Gasteiger partial charge is 0.457 e. The highest BCUT2D eigenvalue weighted by Crippen LogP contribution is 2.35. The molecule has 1 aliphatic rings. The molecule has 0 unspecified atom stereocenters. The maximum Gasteiger partial charge on any atom is 0.246 e. The zero-order valence-corrected chi connectivity index (χ0v) is 19.0. The lowest BCUT2D eigenvalue weighted by Gasteiger charge is -2.31. The summed E-state index contributed by atoms with van der Waals surface area (Å²) in [6.07, 6.45) is 6.46. The number of nitrogens with zero attached hydrogens (tertiary/aromatic N) is 5. The fraction of sp³-hybridized carbons (Fsp3) is 0.231. The van der Waals surface area contributed by atoms with E-state index in [0.717, 1.165) is 41.0 Å². The molecule has 5 rings (SSSR count). The third-order valence-electron chi connectivity index (χ3n) is 6.06. The van der Waals surface area contributed by atoms with Crippen LogP contribution in [-0.2, 0) is 4.79 Å². The molecule has 0 saturated carbocycles. The van der Waals surface area contributed by atoms with Crippen LogP contribution < -0.4 is 10.5 Å². The number of fused-ring (bicyclic) bond motifs is 1. The first-order valence-corrected chi connectivity index (χ1v) is 11.4. The lowest BCUT2D eigenvalue weighted by atomic mass is 10.1. The summed E-state index contributed by atoms with van der Waals surface area (Å²) in [4.78, 5) is 22.8. The van der Waals surface area contributed by atoms with E-state index in [4.69, 9.17) is 15.6 Å². The number of likely N-dealkylation sites (tertiary alicyclic amines) is 1. The number of carbonyl (C=O) groups excluding carboxylic acids is 1. The molecule has 1 amide bonds. The second kappa shape index (κ2) is 9.35. The maximum absolute atomic E-state index is 12.2. The van der Waals surface area contributed by atoms with E-state index in [0.29, 0.717) is 24.6 Å². The van der Waals surface area contributed by atoms with E-state index in [1.807, 2.05) is 71.1 Å². The molecule has 8 nitrogen and oxygen atoms in total. The molecular formula is C26H26N6O2. The molecular weight excluding hydrogens is 428 g/mol. The highest BCUT2D eigenvalue weighted by Gasteiger charge is 2.27. The van der Waals surface area contributed by atoms with Gasteiger partial charge in [-0.3, -0.25) is 4.79 Å². The Kier molecular flexibility index (Phi) is 5.95. The Balaban J connectivity index is 1.43. The summed E-state index contributed by atoms with van der Waals surface area (Å²) in [6.45, 7) is 3.21. The number of rotatable bonds is 5. The summed E-state index contributed by atoms with van der Waals surface area (Å²) in [5.74, 6) is 1.97. The SMILES string of the molecule is CC=CC(=O)N1CCC(n2nc(-c3ccc(Oc4ccccc4)cc3)c3c(N)ncnc32)CC1. The van der Waals surface area contributed by atoms with Crippen molar-refractivity contribution in [1.82, 2.24) is 24.6 Å². The lowest BCUT2D eigenvalue weighted by molar-refractivity contribution is -0.127. The van der Waals surface area contributed by atoms with Crippen molar-refractivity contribution in [2.75, 3.05) is 18.8 Å². The number of ether oxygens (including phenoxy) is 1. The van der Waals surface area contributed by atoms with Gasteiger partial charge in [0.2, 0.25) is 5.91 Å². The predicted octanol–water partition coefficient (Wildman–Crippen LogP) is 4.61. The van der Waals surface area contributed by atoms with Crippen LogP contribution in [-0.4, -0.2) is 43.6 Å². The number of aromatic nitrogens is 4. The molecule has 0 radical (unpaired) electrons. The third-order valence-corrected chi connectivity index (χ3v) is 6.06. The zero-order valence-electron chi connectivity index (χ0n) is 19.0. The molecule has 1 fully saturated rings. The van der Waals surface area contributed by atoms with Gasteiger partial charge < -0.3 is 15.4 Å². The van der Waals surface area contributed by atoms with Gasteiger partial charge >= 0.3 is 0 Å². The Morgan fingerprint density at radius 2 is 1.74 bits per heavy atom. The molecule has 2 aromatic carbocycles. The van der Waals surface area contributed by atoms with Crippen molar-refractivity contribution in [2.24, 2.45) is 0 Å². The van der Waals surface area contributed by atoms with Gasteiger partial charge in [0.05, 0.1) is 11.4 Å². The second-order valence-electron chi connectivity index (χ2n) is 8.25. The normalized spacial score (nSPS) is 14.7. The van der Waals surface area contributed by atoms with Crippen LogP contribution in [0.15, 0.2) is 73.1 Å². The fourth-order valence-corrected chi connectivity index (χ4v) is 4.34. The molecule has 0 bridgehead atoms. The standard InChI is InChI=1S/C26H26N6O2/c1-2-6-22(33)31-15-13-19(14-16-31)32-26-23(25(27)28-17-29-26)24(30-32)18-9-11-21(12-10-18)34-20-7-4-3-5-8-20/h2-12,17,19H,13-16H2,1H3,(H2,27,28,29). The number of amides is 1. The minimum Gasteiger partial charge on any atom is -0.457 e. The van der Waals surface area contributed by atoms with Crippen molar-refractivity contribution >= 4 is 22.8 Å². The number of para-hydroxylation sites is 1. The number of hydrogen-bond acceptors (Lipinski definition) is 6. The molecule has 0 atom stereocenters. The Labute approximate surface area is 197 Å². The van der Waals surface area contributed by atoms with Crippen LogP contribution in [0.3, 0.4) is 0 Å². The maximum atomic E-state index is 12.2. The molecule has 2 N–H and O–H groups in total. The molecule has 1 saturated heterocycles. The van der Waals surface area contributed by atoms with Gasteiger partial charge in [-0.05, 0) is 62.2 Å². The van der Waals surface area contributed by atoms with Gasteiger partial charge in [-0.2, -0.15) is 5.10 Å². The Morgan fingerprint density at radius 3 is 2.44 bits per heavy atom. The quantitative estimate of drug-likeness (QED) is 0.442. The Morgan fingerprint density at radius 1 is 1.03 bits per heavy atom. The Bertz CT molecular complexity index is 1320. The molecule has 172 valence electrons. The molecule has 0 spiro atoms. The van der Waals surface area contributed by atoms with Crippen molar-refractivity contribution in [3.63, 3.8) is 0 Å². The molecule has 0 aliphatic carbocycles. The van der Waals surface area contributed by atoms with Gasteiger partial charge in [0.25, 0.3) is 0 Å². The van der Waals surface area contributed by atoms with Crippen molar-refractivity contribution in [2.45, 2.75) is 25.8 Å². The van der Waals surface area contributed by atoms with Crippen LogP contribution in [0.4, 0.5) is 5.82 Å². The van der Waals surface area contributed by atoms with E-state index in [-0.39, 0.29) is 11.9 Å². The van der Waals surface area contributed by atoms with Gasteiger partial charge in [0.1, 0.15) is 29.3 Å². The zero-order chi connectivity index (χ0) is 23.5. The molecule has 3 heterocycles. The number of allylic oxidation sites excluding steroid dienone is 1. The number of nitrogen functional groups attached to an aromatic ring is 1. The average molecular weight is 455 g/mol. The number of carbonyl (C=O) groups is 1. The topological polar surface area (TPSA) is 99.2 Å². The minimum absolute atomic E-state index is 0.0522. The van der Waals surface area contributed by atoms with Crippen LogP contribution in [0.25, 0.3) is 22.3 Å². The average Bonchev–Trinajstić information content (AvgIpc) is 3.26. The van der Waals surface area contributed by atoms with E-state index in [2.05, 4.69) is 9.97 Å². The van der Waals surface area contributed by atoms with Gasteiger partial charge in [-0.25, -0.2) is 14.6 Å². The van der Waals surface area contributed by atoms with E-state index in [1.54, 1.807) is 12.2 Å². The monoisotopic (exact) mass is 454 g/mol. The van der Waals surface area contributed by atoms with E-state index < -0.39 is 0 Å². The first-order chi connectivity index (χ1) is 16.6. The molecule has 4 aromatic rings. The number of anilines is 1. The summed E-state index contributed by atoms with van der Waals surface area (Å²) >= 11 is 0. The van der Waals surface area contributed by atoms with Crippen LogP contribution in [0.1, 0.15) is 25.8 Å². The highest BCUT2D eigenvalue weighted by atomic mass is 16.5. The first-order valence-electron chi connectivity index (χ1n) is 11.4. The van der Waals surface area contributed by atoms with Crippen LogP contribution in [0.5, 0.6) is 11.5 Å². The van der Waals surface area contributed by atoms with Crippen molar-refractivity contribution in [1.29, 1.82) is 0 Å². The van der Waals surface area contributed by atoms with E-state index >= 15 is 0 Å². The third kappa shape index (κ3) is 4.22. The van der Waals surface area contributed by atoms with Crippen LogP contribution >= 0.6 is 0 Å². The van der Waals surface area contributed by atoms with Crippen LogP contribution in [0.2, 0.25) is 0 Å². The van der Waals surface area contributed by atoms with Crippen molar-refractivity contribution in [3.05, 3.63) is 73.1 Å². The summed E-state index contributed by atoms with van der Waals surface area (Å²) in [7, 11) is 0. The summed E-state index contributed by atoms with van der Waals surface area (Å²) < 4.78 is 7.87. The molecule has 8 heteroatoms. The summed E-state index contributed by atoms with van der Waals surface area (Å²) in [6, 6.07) is 17.5. The first kappa shape index (κ1) is 21.6. The van der Waals surface area contributed by atoms with Crippen molar-refractivity contribution < 1.29 is 9.53 Å². The predicted molar refractivity (Wildman–Crippen MR) is 131 cm³/mol.